The number of amides is 1. The van der Waals surface area contributed by atoms with E-state index in [1.165, 1.54) is 0 Å². The van der Waals surface area contributed by atoms with E-state index in [0.29, 0.717) is 17.0 Å². The topological polar surface area (TPSA) is 93.5 Å². The van der Waals surface area contributed by atoms with Crippen LogP contribution in [-0.2, 0) is 9.53 Å². The van der Waals surface area contributed by atoms with E-state index in [2.05, 4.69) is 15.8 Å². The molecule has 0 fully saturated rings. The lowest BCUT2D eigenvalue weighted by Crippen LogP contribution is -2.21. The predicted octanol–water partition coefficient (Wildman–Crippen LogP) is 3.52. The minimum atomic E-state index is -0.601. The maximum Gasteiger partial charge on any atom is 0.340 e. The average molecular weight is 351 g/mol. The third-order valence-corrected chi connectivity index (χ3v) is 3.43. The first-order valence-corrected chi connectivity index (χ1v) is 7.93. The van der Waals surface area contributed by atoms with Crippen LogP contribution in [0.5, 0.6) is 0 Å². The summed E-state index contributed by atoms with van der Waals surface area (Å²) in [5.74, 6) is -0.261. The molecule has 1 heterocycles. The number of aryl methyl sites for hydroxylation is 1. The molecule has 0 saturated heterocycles. The van der Waals surface area contributed by atoms with Crippen LogP contribution in [0.1, 0.15) is 16.1 Å². The van der Waals surface area contributed by atoms with Gasteiger partial charge in [0.05, 0.1) is 11.3 Å². The largest absolute Gasteiger partial charge is 0.452 e. The van der Waals surface area contributed by atoms with Crippen molar-refractivity contribution in [3.63, 3.8) is 0 Å². The zero-order valence-electron chi connectivity index (χ0n) is 14.1. The fourth-order valence-corrected chi connectivity index (χ4v) is 2.26. The first-order chi connectivity index (χ1) is 12.6. The minimum Gasteiger partial charge on any atom is -0.452 e. The molecule has 2 N–H and O–H groups in total. The summed E-state index contributed by atoms with van der Waals surface area (Å²) in [6.07, 6.45) is 0. The molecular weight excluding hydrogens is 334 g/mol. The van der Waals surface area contributed by atoms with Gasteiger partial charge in [-0.1, -0.05) is 35.5 Å². The Morgan fingerprint density at radius 1 is 1.08 bits per heavy atom. The van der Waals surface area contributed by atoms with Crippen LogP contribution in [0, 0.1) is 6.92 Å². The van der Waals surface area contributed by atoms with Crippen molar-refractivity contribution in [1.82, 2.24) is 5.16 Å². The summed E-state index contributed by atoms with van der Waals surface area (Å²) in [6.45, 7) is 1.28. The summed E-state index contributed by atoms with van der Waals surface area (Å²) in [6, 6.07) is 17.9. The third-order valence-electron chi connectivity index (χ3n) is 3.43. The second kappa shape index (κ2) is 7.98. The van der Waals surface area contributed by atoms with E-state index < -0.39 is 18.5 Å². The number of hydrogen-bond acceptors (Lipinski definition) is 6. The Kier molecular flexibility index (Phi) is 5.28. The highest BCUT2D eigenvalue weighted by atomic mass is 16.5. The number of aromatic nitrogens is 1. The van der Waals surface area contributed by atoms with Crippen LogP contribution in [-0.4, -0.2) is 23.6 Å². The van der Waals surface area contributed by atoms with E-state index in [0.717, 1.165) is 5.69 Å². The molecule has 1 aromatic heterocycles. The van der Waals surface area contributed by atoms with Crippen LogP contribution in [0.15, 0.2) is 65.2 Å². The fraction of sp³-hybridized carbons (Fsp3) is 0.105. The van der Waals surface area contributed by atoms with E-state index in [9.17, 15) is 9.59 Å². The van der Waals surface area contributed by atoms with Gasteiger partial charge >= 0.3 is 5.97 Å². The van der Waals surface area contributed by atoms with Crippen molar-refractivity contribution in [2.45, 2.75) is 6.92 Å². The molecule has 0 bridgehead atoms. The normalized spacial score (nSPS) is 10.2. The molecule has 26 heavy (non-hydrogen) atoms. The van der Waals surface area contributed by atoms with Crippen LogP contribution in [0.4, 0.5) is 17.2 Å². The van der Waals surface area contributed by atoms with Crippen molar-refractivity contribution < 1.29 is 18.8 Å². The molecule has 1 amide bonds. The lowest BCUT2D eigenvalue weighted by molar-refractivity contribution is -0.119. The number of carbonyl (C=O) groups is 2. The highest BCUT2D eigenvalue weighted by molar-refractivity contribution is 5.98. The van der Waals surface area contributed by atoms with Crippen molar-refractivity contribution in [1.29, 1.82) is 0 Å². The van der Waals surface area contributed by atoms with Gasteiger partial charge < -0.3 is 19.9 Å². The van der Waals surface area contributed by atoms with Gasteiger partial charge in [-0.05, 0) is 31.2 Å². The van der Waals surface area contributed by atoms with Gasteiger partial charge in [-0.2, -0.15) is 0 Å². The van der Waals surface area contributed by atoms with E-state index in [1.54, 1.807) is 31.2 Å². The Morgan fingerprint density at radius 3 is 2.54 bits per heavy atom. The van der Waals surface area contributed by atoms with Gasteiger partial charge in [0.25, 0.3) is 5.91 Å². The summed E-state index contributed by atoms with van der Waals surface area (Å²) in [4.78, 5) is 24.2. The zero-order chi connectivity index (χ0) is 18.4. The van der Waals surface area contributed by atoms with Gasteiger partial charge in [0.2, 0.25) is 0 Å². The number of esters is 1. The van der Waals surface area contributed by atoms with Crippen molar-refractivity contribution >= 4 is 29.1 Å². The van der Waals surface area contributed by atoms with E-state index >= 15 is 0 Å². The summed E-state index contributed by atoms with van der Waals surface area (Å²) in [5.41, 5.74) is 1.77. The SMILES string of the molecule is Cc1cc(NC(=O)COC(=O)c2ccccc2Nc2ccccc2)no1. The van der Waals surface area contributed by atoms with Gasteiger partial charge in [0.15, 0.2) is 12.4 Å². The van der Waals surface area contributed by atoms with Crippen molar-refractivity contribution in [2.24, 2.45) is 0 Å². The smallest absolute Gasteiger partial charge is 0.340 e. The summed E-state index contributed by atoms with van der Waals surface area (Å²) >= 11 is 0. The van der Waals surface area contributed by atoms with Crippen LogP contribution < -0.4 is 10.6 Å². The van der Waals surface area contributed by atoms with Gasteiger partial charge in [-0.15, -0.1) is 0 Å². The fourth-order valence-electron chi connectivity index (χ4n) is 2.26. The number of benzene rings is 2. The molecular formula is C19H17N3O4. The summed E-state index contributed by atoms with van der Waals surface area (Å²) in [7, 11) is 0. The van der Waals surface area contributed by atoms with Crippen molar-refractivity contribution in [2.75, 3.05) is 17.2 Å². The number of rotatable bonds is 6. The third kappa shape index (κ3) is 4.47. The molecule has 0 unspecified atom stereocenters. The lowest BCUT2D eigenvalue weighted by Gasteiger charge is -2.11. The molecule has 3 rings (SSSR count). The second-order valence-corrected chi connectivity index (χ2v) is 5.48. The van der Waals surface area contributed by atoms with Gasteiger partial charge in [-0.3, -0.25) is 4.79 Å². The molecule has 0 aliphatic carbocycles. The first-order valence-electron chi connectivity index (χ1n) is 7.93. The molecule has 7 nitrogen and oxygen atoms in total. The molecule has 0 aliphatic rings. The van der Waals surface area contributed by atoms with Gasteiger partial charge in [0, 0.05) is 11.8 Å². The lowest BCUT2D eigenvalue weighted by atomic mass is 10.1. The number of carbonyl (C=O) groups excluding carboxylic acids is 2. The molecule has 2 aromatic carbocycles. The number of nitrogens with zero attached hydrogens (tertiary/aromatic N) is 1. The van der Waals surface area contributed by atoms with E-state index in [-0.39, 0.29) is 5.82 Å². The van der Waals surface area contributed by atoms with Crippen LogP contribution in [0.25, 0.3) is 0 Å². The van der Waals surface area contributed by atoms with Crippen molar-refractivity contribution in [3.05, 3.63) is 72.0 Å². The maximum atomic E-state index is 12.3. The highest BCUT2D eigenvalue weighted by Crippen LogP contribution is 2.21. The molecule has 0 aliphatic heterocycles. The van der Waals surface area contributed by atoms with Gasteiger partial charge in [0.1, 0.15) is 5.76 Å². The van der Waals surface area contributed by atoms with Crippen LogP contribution >= 0.6 is 0 Å². The number of para-hydroxylation sites is 2. The number of nitrogens with one attached hydrogen (secondary N) is 2. The van der Waals surface area contributed by atoms with E-state index in [1.807, 2.05) is 36.4 Å². The molecule has 0 radical (unpaired) electrons. The Morgan fingerprint density at radius 2 is 1.81 bits per heavy atom. The molecule has 132 valence electrons. The quantitative estimate of drug-likeness (QED) is 0.660. The molecule has 7 heteroatoms. The summed E-state index contributed by atoms with van der Waals surface area (Å²) < 4.78 is 9.95. The summed E-state index contributed by atoms with van der Waals surface area (Å²) in [5, 5.41) is 9.29. The molecule has 0 spiro atoms. The van der Waals surface area contributed by atoms with Gasteiger partial charge in [-0.25, -0.2) is 4.79 Å². The second-order valence-electron chi connectivity index (χ2n) is 5.48. The Bertz CT molecular complexity index is 906. The monoisotopic (exact) mass is 351 g/mol. The van der Waals surface area contributed by atoms with Crippen LogP contribution in [0.2, 0.25) is 0 Å². The zero-order valence-corrected chi connectivity index (χ0v) is 14.1. The first kappa shape index (κ1) is 17.2. The predicted molar refractivity (Wildman–Crippen MR) is 96.3 cm³/mol. The van der Waals surface area contributed by atoms with E-state index in [4.69, 9.17) is 9.26 Å². The molecule has 0 saturated carbocycles. The van der Waals surface area contributed by atoms with Crippen LogP contribution in [0.3, 0.4) is 0 Å². The maximum absolute atomic E-state index is 12.3. The average Bonchev–Trinajstić information content (AvgIpc) is 3.06. The van der Waals surface area contributed by atoms with Crippen molar-refractivity contribution in [3.8, 4) is 0 Å². The molecule has 0 atom stereocenters. The Labute approximate surface area is 150 Å². The Balaban J connectivity index is 1.62. The standard InChI is InChI=1S/C19H17N3O4/c1-13-11-17(22-26-13)21-18(23)12-25-19(24)15-9-5-6-10-16(15)20-14-7-3-2-4-8-14/h2-11,20H,12H2,1H3,(H,21,22,23). The number of ether oxygens (including phenoxy) is 1. The number of anilines is 3. The Hall–Kier alpha value is -3.61. The highest BCUT2D eigenvalue weighted by Gasteiger charge is 2.15. The minimum absolute atomic E-state index is 0.273. The number of hydrogen-bond donors (Lipinski definition) is 2. The molecule has 3 aromatic rings.